The molecule has 0 aromatic carbocycles. The number of rotatable bonds is 0. The van der Waals surface area contributed by atoms with Gasteiger partial charge in [0.1, 0.15) is 5.52 Å². The average molecular weight is 221 g/mol. The minimum atomic E-state index is 0.338. The zero-order valence-corrected chi connectivity index (χ0v) is 8.73. The Balaban J connectivity index is 2.59. The van der Waals surface area contributed by atoms with Gasteiger partial charge >= 0.3 is 0 Å². The van der Waals surface area contributed by atoms with Crippen molar-refractivity contribution in [2.45, 2.75) is 0 Å². The summed E-state index contributed by atoms with van der Waals surface area (Å²) in [5.74, 6) is 0. The van der Waals surface area contributed by atoms with Crippen molar-refractivity contribution in [2.24, 2.45) is 0 Å². The number of hydrogen-bond acceptors (Lipinski definition) is 4. The predicted octanol–water partition coefficient (Wildman–Crippen LogP) is 1.41. The maximum atomic E-state index is 8.92. The largest absolute Gasteiger partial charge is 0.300 e. The molecular weight excluding hydrogens is 214 g/mol. The Kier molecular flexibility index (Phi) is 1.89. The summed E-state index contributed by atoms with van der Waals surface area (Å²) in [6, 6.07) is 7.14. The van der Waals surface area contributed by atoms with E-state index < -0.39 is 0 Å². The molecule has 0 fully saturated rings. The molecule has 5 nitrogen and oxygen atoms in total. The third-order valence-electron chi connectivity index (χ3n) is 2.65. The topological polar surface area (TPSA) is 89.2 Å². The summed E-state index contributed by atoms with van der Waals surface area (Å²) >= 11 is 0. The number of H-pyrrole nitrogens is 1. The molecule has 1 aromatic rings. The molecule has 2 N–H and O–H groups in total. The Labute approximate surface area is 96.2 Å². The normalized spacial score (nSPS) is 10.5. The van der Waals surface area contributed by atoms with Crippen LogP contribution in [0.2, 0.25) is 0 Å². The van der Waals surface area contributed by atoms with Crippen LogP contribution < -0.4 is 5.36 Å². The monoisotopic (exact) mass is 221 g/mol. The summed E-state index contributed by atoms with van der Waals surface area (Å²) in [6.45, 7) is 0. The number of nitrogens with zero attached hydrogens (tertiary/aromatic N) is 3. The molecule has 2 heterocycles. The van der Waals surface area contributed by atoms with Crippen molar-refractivity contribution in [1.29, 1.82) is 10.7 Å². The molecule has 0 atom stereocenters. The highest BCUT2D eigenvalue weighted by Crippen LogP contribution is 2.26. The summed E-state index contributed by atoms with van der Waals surface area (Å²) in [4.78, 5) is 4.19. The molecule has 0 radical (unpaired) electrons. The van der Waals surface area contributed by atoms with E-state index in [0.717, 1.165) is 16.6 Å². The van der Waals surface area contributed by atoms with Gasteiger partial charge in [-0.15, -0.1) is 0 Å². The molecule has 2 aliphatic rings. The second-order valence-electron chi connectivity index (χ2n) is 3.67. The lowest BCUT2D eigenvalue weighted by Crippen LogP contribution is -1.99. The number of aromatic amines is 1. The number of aromatic nitrogens is 3. The zero-order valence-electron chi connectivity index (χ0n) is 8.73. The number of fused-ring (bicyclic) bond motifs is 3. The number of nitrogens with one attached hydrogen (secondary N) is 2. The second-order valence-corrected chi connectivity index (χ2v) is 3.67. The molecule has 0 spiro atoms. The van der Waals surface area contributed by atoms with Gasteiger partial charge in [-0.3, -0.25) is 10.1 Å². The molecule has 3 rings (SSSR count). The molecule has 80 valence electrons. The third kappa shape index (κ3) is 1.35. The first-order valence-electron chi connectivity index (χ1n) is 5.00. The van der Waals surface area contributed by atoms with Crippen molar-refractivity contribution in [3.63, 3.8) is 0 Å². The molecule has 1 aliphatic carbocycles. The maximum Gasteiger partial charge on any atom is 0.109 e. The van der Waals surface area contributed by atoms with Gasteiger partial charge < -0.3 is 5.41 Å². The smallest absolute Gasteiger partial charge is 0.109 e. The fourth-order valence-electron chi connectivity index (χ4n) is 1.86. The second kappa shape index (κ2) is 3.39. The molecule has 0 unspecified atom stereocenters. The van der Waals surface area contributed by atoms with E-state index in [1.807, 2.05) is 0 Å². The molecule has 1 aromatic heterocycles. The Hall–Kier alpha value is -2.74. The van der Waals surface area contributed by atoms with E-state index in [2.05, 4.69) is 21.3 Å². The Morgan fingerprint density at radius 1 is 1.29 bits per heavy atom. The molecule has 17 heavy (non-hydrogen) atoms. The van der Waals surface area contributed by atoms with E-state index in [-0.39, 0.29) is 0 Å². The first-order chi connectivity index (χ1) is 8.29. The van der Waals surface area contributed by atoms with Crippen LogP contribution in [-0.4, -0.2) is 15.2 Å². The molecule has 5 heteroatoms. The van der Waals surface area contributed by atoms with E-state index in [1.54, 1.807) is 30.6 Å². The van der Waals surface area contributed by atoms with Crippen molar-refractivity contribution in [1.82, 2.24) is 15.2 Å². The fourth-order valence-corrected chi connectivity index (χ4v) is 1.86. The van der Waals surface area contributed by atoms with Crippen molar-refractivity contribution in [2.75, 3.05) is 0 Å². The quantitative estimate of drug-likeness (QED) is 0.601. The molecule has 0 saturated heterocycles. The molecule has 0 amide bonds. The van der Waals surface area contributed by atoms with Crippen LogP contribution in [0.4, 0.5) is 0 Å². The zero-order chi connectivity index (χ0) is 11.8. The third-order valence-corrected chi connectivity index (χ3v) is 2.65. The lowest BCUT2D eigenvalue weighted by molar-refractivity contribution is 1.12. The maximum absolute atomic E-state index is 8.92. The Bertz CT molecular complexity index is 781. The molecule has 0 bridgehead atoms. The van der Waals surface area contributed by atoms with E-state index in [0.29, 0.717) is 16.4 Å². The first-order valence-corrected chi connectivity index (χ1v) is 5.00. The van der Waals surface area contributed by atoms with E-state index in [1.165, 1.54) is 0 Å². The average Bonchev–Trinajstić information content (AvgIpc) is 2.92. The number of hydrogen-bond donors (Lipinski definition) is 2. The predicted molar refractivity (Wildman–Crippen MR) is 61.1 cm³/mol. The van der Waals surface area contributed by atoms with Gasteiger partial charge in [0.25, 0.3) is 0 Å². The van der Waals surface area contributed by atoms with Crippen LogP contribution in [0, 0.1) is 16.7 Å². The van der Waals surface area contributed by atoms with Crippen molar-refractivity contribution in [3.05, 3.63) is 41.5 Å². The highest BCUT2D eigenvalue weighted by molar-refractivity contribution is 5.92. The van der Waals surface area contributed by atoms with Crippen molar-refractivity contribution in [3.8, 4) is 17.2 Å². The standard InChI is InChI=1S/C12H7N5/c13-5-7-3-8-9(4-7)12-11(6-16-17-12)15-2-1-10(8)14/h1-4,6,14,17H. The van der Waals surface area contributed by atoms with Crippen molar-refractivity contribution >= 4 is 11.0 Å². The molecule has 0 saturated carbocycles. The van der Waals surface area contributed by atoms with Crippen LogP contribution >= 0.6 is 0 Å². The SMILES string of the molecule is N#Cc1cc2c(=N)ccnc3cn[nH]c3c-2c1. The van der Waals surface area contributed by atoms with Gasteiger partial charge in [-0.2, -0.15) is 10.4 Å². The highest BCUT2D eigenvalue weighted by Gasteiger charge is 2.11. The van der Waals surface area contributed by atoms with Gasteiger partial charge in [0, 0.05) is 17.3 Å². The summed E-state index contributed by atoms with van der Waals surface area (Å²) in [5.41, 5.74) is 3.52. The van der Waals surface area contributed by atoms with E-state index in [9.17, 15) is 0 Å². The minimum absolute atomic E-state index is 0.338. The molecule has 1 aliphatic heterocycles. The van der Waals surface area contributed by atoms with Gasteiger partial charge in [0.05, 0.1) is 28.7 Å². The lowest BCUT2D eigenvalue weighted by atomic mass is 10.1. The van der Waals surface area contributed by atoms with Gasteiger partial charge in [-0.05, 0) is 18.2 Å². The summed E-state index contributed by atoms with van der Waals surface area (Å²) in [7, 11) is 0. The van der Waals surface area contributed by atoms with Crippen LogP contribution in [0.1, 0.15) is 5.56 Å². The Morgan fingerprint density at radius 2 is 2.12 bits per heavy atom. The van der Waals surface area contributed by atoms with Gasteiger partial charge in [0.2, 0.25) is 0 Å². The molecular formula is C12H7N5. The van der Waals surface area contributed by atoms with Crippen LogP contribution in [0.5, 0.6) is 0 Å². The van der Waals surface area contributed by atoms with Crippen LogP contribution in [0.3, 0.4) is 0 Å². The van der Waals surface area contributed by atoms with Crippen LogP contribution in [0.25, 0.3) is 22.2 Å². The number of nitriles is 1. The van der Waals surface area contributed by atoms with Crippen molar-refractivity contribution < 1.29 is 0 Å². The van der Waals surface area contributed by atoms with Crippen LogP contribution in [0.15, 0.2) is 30.6 Å². The van der Waals surface area contributed by atoms with Gasteiger partial charge in [0.15, 0.2) is 0 Å². The fraction of sp³-hybridized carbons (Fsp3) is 0. The summed E-state index contributed by atoms with van der Waals surface area (Å²) in [5, 5.41) is 24.0. The summed E-state index contributed by atoms with van der Waals surface area (Å²) in [6.07, 6.45) is 3.19. The Morgan fingerprint density at radius 3 is 2.94 bits per heavy atom. The first kappa shape index (κ1) is 9.48. The van der Waals surface area contributed by atoms with E-state index >= 15 is 0 Å². The lowest BCUT2D eigenvalue weighted by Gasteiger charge is -1.95. The van der Waals surface area contributed by atoms with E-state index in [4.69, 9.17) is 10.7 Å². The minimum Gasteiger partial charge on any atom is -0.300 e. The summed E-state index contributed by atoms with van der Waals surface area (Å²) < 4.78 is 0. The van der Waals surface area contributed by atoms with Crippen LogP contribution in [-0.2, 0) is 0 Å². The highest BCUT2D eigenvalue weighted by atomic mass is 15.1. The van der Waals surface area contributed by atoms with Gasteiger partial charge in [-0.25, -0.2) is 0 Å². The van der Waals surface area contributed by atoms with Gasteiger partial charge in [-0.1, -0.05) is 0 Å².